The molecule has 0 radical (unpaired) electrons. The highest BCUT2D eigenvalue weighted by Crippen LogP contribution is 2.29. The molecular formula is C17H13ClN4S. The first-order chi connectivity index (χ1) is 11.3. The molecule has 114 valence electrons. The Morgan fingerprint density at radius 3 is 2.52 bits per heavy atom. The van der Waals surface area contributed by atoms with Gasteiger partial charge in [0.15, 0.2) is 11.0 Å². The van der Waals surface area contributed by atoms with Crippen molar-refractivity contribution in [3.8, 4) is 17.5 Å². The lowest BCUT2D eigenvalue weighted by Gasteiger charge is -2.10. The highest BCUT2D eigenvalue weighted by molar-refractivity contribution is 7.99. The fraction of sp³-hybridized carbons (Fsp3) is 0.118. The summed E-state index contributed by atoms with van der Waals surface area (Å²) in [6, 6.07) is 19.8. The van der Waals surface area contributed by atoms with Gasteiger partial charge in [-0.15, -0.1) is 10.2 Å². The van der Waals surface area contributed by atoms with E-state index < -0.39 is 0 Å². The van der Waals surface area contributed by atoms with E-state index in [9.17, 15) is 0 Å². The summed E-state index contributed by atoms with van der Waals surface area (Å²) >= 11 is 7.68. The molecule has 23 heavy (non-hydrogen) atoms. The number of thioether (sulfide) groups is 1. The van der Waals surface area contributed by atoms with Crippen LogP contribution < -0.4 is 0 Å². The van der Waals surface area contributed by atoms with Crippen molar-refractivity contribution in [2.24, 2.45) is 0 Å². The van der Waals surface area contributed by atoms with Gasteiger partial charge >= 0.3 is 0 Å². The van der Waals surface area contributed by atoms with Crippen molar-refractivity contribution in [1.82, 2.24) is 14.8 Å². The fourth-order valence-corrected chi connectivity index (χ4v) is 3.06. The second-order valence-corrected chi connectivity index (χ2v) is 6.15. The summed E-state index contributed by atoms with van der Waals surface area (Å²) in [7, 11) is 0. The lowest BCUT2D eigenvalue weighted by molar-refractivity contribution is 0.715. The van der Waals surface area contributed by atoms with Gasteiger partial charge in [-0.25, -0.2) is 0 Å². The van der Waals surface area contributed by atoms with E-state index in [1.807, 2.05) is 47.0 Å². The first-order valence-electron chi connectivity index (χ1n) is 7.01. The zero-order valence-corrected chi connectivity index (χ0v) is 13.8. The molecule has 0 saturated heterocycles. The summed E-state index contributed by atoms with van der Waals surface area (Å²) < 4.78 is 2.00. The predicted molar refractivity (Wildman–Crippen MR) is 92.3 cm³/mol. The molecule has 4 nitrogen and oxygen atoms in total. The maximum Gasteiger partial charge on any atom is 0.192 e. The SMILES string of the molecule is N#CCSc1nnc(-c2ccccc2Cl)n1Cc1ccccc1. The summed E-state index contributed by atoms with van der Waals surface area (Å²) in [4.78, 5) is 0. The number of rotatable bonds is 5. The Morgan fingerprint density at radius 1 is 1.04 bits per heavy atom. The Morgan fingerprint density at radius 2 is 1.78 bits per heavy atom. The summed E-state index contributed by atoms with van der Waals surface area (Å²) in [6.07, 6.45) is 0. The van der Waals surface area contributed by atoms with Crippen LogP contribution in [0, 0.1) is 11.3 Å². The van der Waals surface area contributed by atoms with Gasteiger partial charge in [-0.2, -0.15) is 5.26 Å². The zero-order chi connectivity index (χ0) is 16.1. The van der Waals surface area contributed by atoms with E-state index in [4.69, 9.17) is 16.9 Å². The molecule has 0 fully saturated rings. The van der Waals surface area contributed by atoms with Gasteiger partial charge in [0.1, 0.15) is 0 Å². The van der Waals surface area contributed by atoms with E-state index in [0.717, 1.165) is 11.1 Å². The van der Waals surface area contributed by atoms with Crippen LogP contribution in [0.1, 0.15) is 5.56 Å². The number of hydrogen-bond donors (Lipinski definition) is 0. The molecule has 0 amide bonds. The summed E-state index contributed by atoms with van der Waals surface area (Å²) in [5.74, 6) is 1.04. The Labute approximate surface area is 143 Å². The number of halogens is 1. The van der Waals surface area contributed by atoms with Crippen molar-refractivity contribution in [2.45, 2.75) is 11.7 Å². The minimum absolute atomic E-state index is 0.329. The minimum Gasteiger partial charge on any atom is -0.297 e. The third kappa shape index (κ3) is 3.55. The predicted octanol–water partition coefficient (Wildman–Crippen LogP) is 4.26. The normalized spacial score (nSPS) is 10.4. The number of nitrogens with zero attached hydrogens (tertiary/aromatic N) is 4. The standard InChI is InChI=1S/C17H13ClN4S/c18-15-9-5-4-8-14(15)16-20-21-17(23-11-10-19)22(16)12-13-6-2-1-3-7-13/h1-9H,11-12H2. The van der Waals surface area contributed by atoms with E-state index in [0.29, 0.717) is 28.3 Å². The van der Waals surface area contributed by atoms with Gasteiger partial charge < -0.3 is 0 Å². The summed E-state index contributed by atoms with van der Waals surface area (Å²) in [6.45, 7) is 0.627. The molecule has 2 aromatic carbocycles. The van der Waals surface area contributed by atoms with Gasteiger partial charge in [0.25, 0.3) is 0 Å². The maximum absolute atomic E-state index is 8.83. The maximum atomic E-state index is 8.83. The van der Waals surface area contributed by atoms with Gasteiger partial charge in [0.2, 0.25) is 0 Å². The first kappa shape index (κ1) is 15.6. The lowest BCUT2D eigenvalue weighted by atomic mass is 10.2. The number of aromatic nitrogens is 3. The van der Waals surface area contributed by atoms with E-state index in [-0.39, 0.29) is 0 Å². The van der Waals surface area contributed by atoms with Gasteiger partial charge in [0.05, 0.1) is 23.4 Å². The molecule has 0 bridgehead atoms. The van der Waals surface area contributed by atoms with Crippen molar-refractivity contribution in [3.05, 3.63) is 65.2 Å². The van der Waals surface area contributed by atoms with Gasteiger partial charge in [-0.05, 0) is 17.7 Å². The fourth-order valence-electron chi connectivity index (χ4n) is 2.24. The summed E-state index contributed by atoms with van der Waals surface area (Å²) in [5, 5.41) is 18.7. The average molecular weight is 341 g/mol. The van der Waals surface area contributed by atoms with Crippen molar-refractivity contribution < 1.29 is 0 Å². The summed E-state index contributed by atoms with van der Waals surface area (Å²) in [5.41, 5.74) is 1.97. The van der Waals surface area contributed by atoms with Crippen molar-refractivity contribution in [3.63, 3.8) is 0 Å². The first-order valence-corrected chi connectivity index (χ1v) is 8.37. The quantitative estimate of drug-likeness (QED) is 0.651. The number of hydrogen-bond acceptors (Lipinski definition) is 4. The van der Waals surface area contributed by atoms with Crippen LogP contribution in [0.4, 0.5) is 0 Å². The van der Waals surface area contributed by atoms with Crippen LogP contribution >= 0.6 is 23.4 Å². The second-order valence-electron chi connectivity index (χ2n) is 4.80. The van der Waals surface area contributed by atoms with Crippen LogP contribution in [0.25, 0.3) is 11.4 Å². The zero-order valence-electron chi connectivity index (χ0n) is 12.2. The molecule has 3 rings (SSSR count). The topological polar surface area (TPSA) is 54.5 Å². The molecular weight excluding hydrogens is 328 g/mol. The van der Waals surface area contributed by atoms with Crippen LogP contribution in [0.2, 0.25) is 5.02 Å². The van der Waals surface area contributed by atoms with Crippen molar-refractivity contribution >= 4 is 23.4 Å². The van der Waals surface area contributed by atoms with Crippen LogP contribution in [-0.2, 0) is 6.54 Å². The van der Waals surface area contributed by atoms with Crippen LogP contribution in [0.15, 0.2) is 59.8 Å². The van der Waals surface area contributed by atoms with Gasteiger partial charge in [0, 0.05) is 5.56 Å². The van der Waals surface area contributed by atoms with E-state index in [1.54, 1.807) is 0 Å². The molecule has 0 N–H and O–H groups in total. The molecule has 0 aliphatic carbocycles. The van der Waals surface area contributed by atoms with Crippen molar-refractivity contribution in [2.75, 3.05) is 5.75 Å². The third-order valence-corrected chi connectivity index (χ3v) is 4.44. The highest BCUT2D eigenvalue weighted by atomic mass is 35.5. The van der Waals surface area contributed by atoms with Crippen LogP contribution in [0.3, 0.4) is 0 Å². The Kier molecular flexibility index (Phi) is 4.96. The second kappa shape index (κ2) is 7.32. The monoisotopic (exact) mass is 340 g/mol. The smallest absolute Gasteiger partial charge is 0.192 e. The van der Waals surface area contributed by atoms with E-state index >= 15 is 0 Å². The molecule has 0 aliphatic rings. The van der Waals surface area contributed by atoms with Crippen molar-refractivity contribution in [1.29, 1.82) is 5.26 Å². The molecule has 3 aromatic rings. The Bertz CT molecular complexity index is 839. The van der Waals surface area contributed by atoms with Crippen LogP contribution in [0.5, 0.6) is 0 Å². The molecule has 0 spiro atoms. The highest BCUT2D eigenvalue weighted by Gasteiger charge is 2.16. The molecule has 1 heterocycles. The van der Waals surface area contributed by atoms with E-state index in [1.165, 1.54) is 11.8 Å². The largest absolute Gasteiger partial charge is 0.297 e. The molecule has 0 aliphatic heterocycles. The molecule has 0 atom stereocenters. The van der Waals surface area contributed by atoms with Gasteiger partial charge in [-0.3, -0.25) is 4.57 Å². The van der Waals surface area contributed by atoms with Gasteiger partial charge in [-0.1, -0.05) is 65.8 Å². The molecule has 0 unspecified atom stereocenters. The number of benzene rings is 2. The molecule has 1 aromatic heterocycles. The average Bonchev–Trinajstić information content (AvgIpc) is 2.97. The van der Waals surface area contributed by atoms with Crippen LogP contribution in [-0.4, -0.2) is 20.5 Å². The lowest BCUT2D eigenvalue weighted by Crippen LogP contribution is -2.04. The minimum atomic E-state index is 0.329. The number of nitriles is 1. The van der Waals surface area contributed by atoms with E-state index in [2.05, 4.69) is 28.4 Å². The Hall–Kier alpha value is -2.29. The molecule has 0 saturated carbocycles. The molecule has 6 heteroatoms. The Balaban J connectivity index is 2.04. The third-order valence-electron chi connectivity index (χ3n) is 3.28.